The molecule has 1 unspecified atom stereocenters. The second-order valence-corrected chi connectivity index (χ2v) is 5.94. The lowest BCUT2D eigenvalue weighted by Crippen LogP contribution is -2.24. The summed E-state index contributed by atoms with van der Waals surface area (Å²) in [6, 6.07) is 16.0. The van der Waals surface area contributed by atoms with Crippen LogP contribution < -0.4 is 15.4 Å². The van der Waals surface area contributed by atoms with E-state index in [9.17, 15) is 0 Å². The summed E-state index contributed by atoms with van der Waals surface area (Å²) in [5.41, 5.74) is 7.68. The Hall–Kier alpha value is -1.68. The molecule has 1 aliphatic rings. The van der Waals surface area contributed by atoms with Crippen molar-refractivity contribution in [3.8, 4) is 5.75 Å². The number of hydrogen-bond acceptors (Lipinski definition) is 3. The van der Waals surface area contributed by atoms with Crippen LogP contribution in [-0.4, -0.2) is 19.2 Å². The van der Waals surface area contributed by atoms with E-state index in [1.165, 1.54) is 5.69 Å². The molecule has 4 heteroatoms. The lowest BCUT2D eigenvalue weighted by molar-refractivity contribution is 0.225. The molecule has 3 nitrogen and oxygen atoms in total. The van der Waals surface area contributed by atoms with Crippen LogP contribution in [0.3, 0.4) is 0 Å². The number of hydrogen-bond donors (Lipinski definition) is 1. The molecule has 0 spiro atoms. The van der Waals surface area contributed by atoms with Gasteiger partial charge in [0.15, 0.2) is 0 Å². The van der Waals surface area contributed by atoms with E-state index in [1.54, 1.807) is 0 Å². The summed E-state index contributed by atoms with van der Waals surface area (Å²) in [5.74, 6) is 0.889. The van der Waals surface area contributed by atoms with Crippen LogP contribution in [0.1, 0.15) is 6.42 Å². The zero-order chi connectivity index (χ0) is 13.9. The molecule has 3 rings (SSSR count). The Kier molecular flexibility index (Phi) is 3.83. The topological polar surface area (TPSA) is 38.5 Å². The van der Waals surface area contributed by atoms with Crippen LogP contribution in [0.5, 0.6) is 5.75 Å². The summed E-state index contributed by atoms with van der Waals surface area (Å²) in [6.45, 7) is 1.94. The number of nitrogens with zero attached hydrogens (tertiary/aromatic N) is 1. The molecular formula is C16H17BrN2O. The molecule has 1 atom stereocenters. The van der Waals surface area contributed by atoms with E-state index in [2.05, 4.69) is 39.0 Å². The van der Waals surface area contributed by atoms with Crippen LogP contribution in [0.4, 0.5) is 11.4 Å². The molecule has 0 amide bonds. The third-order valence-electron chi connectivity index (χ3n) is 3.50. The molecule has 0 aromatic heterocycles. The molecule has 2 N–H and O–H groups in total. The lowest BCUT2D eigenvalue weighted by atomic mass is 10.3. The highest BCUT2D eigenvalue weighted by atomic mass is 79.9. The van der Waals surface area contributed by atoms with Crippen LogP contribution in [0.25, 0.3) is 0 Å². The van der Waals surface area contributed by atoms with Gasteiger partial charge in [-0.05, 0) is 42.5 Å². The monoisotopic (exact) mass is 332 g/mol. The van der Waals surface area contributed by atoms with Gasteiger partial charge in [-0.15, -0.1) is 0 Å². The second-order valence-electron chi connectivity index (χ2n) is 5.02. The molecule has 1 heterocycles. The number of anilines is 2. The number of nitrogen functional groups attached to an aromatic ring is 1. The predicted molar refractivity (Wildman–Crippen MR) is 86.2 cm³/mol. The average molecular weight is 333 g/mol. The predicted octanol–water partition coefficient (Wildman–Crippen LogP) is 3.69. The van der Waals surface area contributed by atoms with Gasteiger partial charge in [0.1, 0.15) is 11.9 Å². The van der Waals surface area contributed by atoms with E-state index in [4.69, 9.17) is 10.5 Å². The van der Waals surface area contributed by atoms with E-state index >= 15 is 0 Å². The fraction of sp³-hybridized carbons (Fsp3) is 0.250. The molecule has 1 fully saturated rings. The fourth-order valence-corrected chi connectivity index (χ4v) is 2.86. The van der Waals surface area contributed by atoms with Crippen LogP contribution in [0, 0.1) is 0 Å². The van der Waals surface area contributed by atoms with Crippen molar-refractivity contribution in [3.05, 3.63) is 53.0 Å². The fourth-order valence-electron chi connectivity index (χ4n) is 2.47. The smallest absolute Gasteiger partial charge is 0.119 e. The Labute approximate surface area is 127 Å². The third-order valence-corrected chi connectivity index (χ3v) is 3.99. The van der Waals surface area contributed by atoms with E-state index in [1.807, 2.05) is 30.3 Å². The van der Waals surface area contributed by atoms with Gasteiger partial charge in [0.05, 0.1) is 6.54 Å². The molecule has 0 radical (unpaired) electrons. The Balaban J connectivity index is 1.63. The summed E-state index contributed by atoms with van der Waals surface area (Å²) in [7, 11) is 0. The van der Waals surface area contributed by atoms with Crippen molar-refractivity contribution < 1.29 is 4.74 Å². The molecule has 0 bridgehead atoms. The molecular weight excluding hydrogens is 316 g/mol. The Morgan fingerprint density at radius 1 is 1.15 bits per heavy atom. The maximum atomic E-state index is 6.00. The van der Waals surface area contributed by atoms with Gasteiger partial charge >= 0.3 is 0 Å². The van der Waals surface area contributed by atoms with E-state index in [-0.39, 0.29) is 6.10 Å². The number of nitrogens with two attached hydrogens (primary N) is 1. The van der Waals surface area contributed by atoms with Crippen molar-refractivity contribution in [2.45, 2.75) is 12.5 Å². The standard InChI is InChI=1S/C16H17BrN2O/c17-12-2-1-3-14(10-12)19-9-8-16(11-19)20-15-6-4-13(18)5-7-15/h1-7,10,16H,8-9,11,18H2. The maximum absolute atomic E-state index is 6.00. The molecule has 2 aromatic carbocycles. The molecule has 1 saturated heterocycles. The summed E-state index contributed by atoms with van der Waals surface area (Å²) in [5, 5.41) is 0. The molecule has 2 aromatic rings. The summed E-state index contributed by atoms with van der Waals surface area (Å²) < 4.78 is 7.11. The third kappa shape index (κ3) is 3.07. The molecule has 0 saturated carbocycles. The molecule has 104 valence electrons. The quantitative estimate of drug-likeness (QED) is 0.871. The Bertz CT molecular complexity index is 585. The first-order chi connectivity index (χ1) is 9.70. The van der Waals surface area contributed by atoms with Gasteiger partial charge in [0.2, 0.25) is 0 Å². The van der Waals surface area contributed by atoms with Crippen molar-refractivity contribution in [2.24, 2.45) is 0 Å². The zero-order valence-corrected chi connectivity index (χ0v) is 12.7. The van der Waals surface area contributed by atoms with Gasteiger partial charge in [-0.25, -0.2) is 0 Å². The highest BCUT2D eigenvalue weighted by Crippen LogP contribution is 2.26. The van der Waals surface area contributed by atoms with Crippen LogP contribution in [0.15, 0.2) is 53.0 Å². The van der Waals surface area contributed by atoms with E-state index < -0.39 is 0 Å². The maximum Gasteiger partial charge on any atom is 0.119 e. The first kappa shape index (κ1) is 13.3. The highest BCUT2D eigenvalue weighted by molar-refractivity contribution is 9.10. The minimum absolute atomic E-state index is 0.234. The van der Waals surface area contributed by atoms with Gasteiger partial charge in [0, 0.05) is 28.8 Å². The largest absolute Gasteiger partial charge is 0.489 e. The first-order valence-corrected chi connectivity index (χ1v) is 7.53. The van der Waals surface area contributed by atoms with Crippen molar-refractivity contribution in [1.82, 2.24) is 0 Å². The van der Waals surface area contributed by atoms with Gasteiger partial charge in [-0.2, -0.15) is 0 Å². The second kappa shape index (κ2) is 5.75. The number of benzene rings is 2. The Morgan fingerprint density at radius 2 is 1.95 bits per heavy atom. The average Bonchev–Trinajstić information content (AvgIpc) is 2.90. The van der Waals surface area contributed by atoms with Crippen LogP contribution in [-0.2, 0) is 0 Å². The molecule has 20 heavy (non-hydrogen) atoms. The van der Waals surface area contributed by atoms with Gasteiger partial charge in [0.25, 0.3) is 0 Å². The van der Waals surface area contributed by atoms with E-state index in [0.717, 1.165) is 35.4 Å². The van der Waals surface area contributed by atoms with Gasteiger partial charge < -0.3 is 15.4 Å². The van der Waals surface area contributed by atoms with Crippen LogP contribution >= 0.6 is 15.9 Å². The number of halogens is 1. The van der Waals surface area contributed by atoms with Crippen molar-refractivity contribution in [1.29, 1.82) is 0 Å². The van der Waals surface area contributed by atoms with Gasteiger partial charge in [-0.1, -0.05) is 22.0 Å². The molecule has 0 aliphatic carbocycles. The lowest BCUT2D eigenvalue weighted by Gasteiger charge is -2.19. The van der Waals surface area contributed by atoms with Crippen molar-refractivity contribution in [2.75, 3.05) is 23.7 Å². The first-order valence-electron chi connectivity index (χ1n) is 6.73. The summed E-state index contributed by atoms with van der Waals surface area (Å²) >= 11 is 3.52. The molecule has 1 aliphatic heterocycles. The normalized spacial score (nSPS) is 18.2. The van der Waals surface area contributed by atoms with Crippen molar-refractivity contribution in [3.63, 3.8) is 0 Å². The highest BCUT2D eigenvalue weighted by Gasteiger charge is 2.24. The van der Waals surface area contributed by atoms with Crippen LogP contribution in [0.2, 0.25) is 0 Å². The zero-order valence-electron chi connectivity index (χ0n) is 11.1. The minimum Gasteiger partial charge on any atom is -0.489 e. The number of rotatable bonds is 3. The SMILES string of the molecule is Nc1ccc(OC2CCN(c3cccc(Br)c3)C2)cc1. The minimum atomic E-state index is 0.234. The number of ether oxygens (including phenoxy) is 1. The van der Waals surface area contributed by atoms with Gasteiger partial charge in [-0.3, -0.25) is 0 Å². The summed E-state index contributed by atoms with van der Waals surface area (Å²) in [4.78, 5) is 2.35. The van der Waals surface area contributed by atoms with Crippen molar-refractivity contribution >= 4 is 27.3 Å². The Morgan fingerprint density at radius 3 is 2.70 bits per heavy atom. The summed E-state index contributed by atoms with van der Waals surface area (Å²) in [6.07, 6.45) is 1.27. The van der Waals surface area contributed by atoms with E-state index in [0.29, 0.717) is 0 Å².